The highest BCUT2D eigenvalue weighted by atomic mass is 16.6. The van der Waals surface area contributed by atoms with Crippen LogP contribution in [0.15, 0.2) is 36.8 Å². The molecule has 0 spiro atoms. The number of hydrogen-bond acceptors (Lipinski definition) is 7. The maximum Gasteiger partial charge on any atom is 0.410 e. The lowest BCUT2D eigenvalue weighted by molar-refractivity contribution is 0.0384. The molecule has 0 unspecified atom stereocenters. The highest BCUT2D eigenvalue weighted by Crippen LogP contribution is 2.32. The van der Waals surface area contributed by atoms with Crippen molar-refractivity contribution in [2.24, 2.45) is 0 Å². The first kappa shape index (κ1) is 20.9. The first-order valence-electron chi connectivity index (χ1n) is 10.4. The van der Waals surface area contributed by atoms with Crippen molar-refractivity contribution in [1.29, 1.82) is 0 Å². The summed E-state index contributed by atoms with van der Waals surface area (Å²) >= 11 is 0. The second kappa shape index (κ2) is 8.05. The fourth-order valence-electron chi connectivity index (χ4n) is 3.94. The van der Waals surface area contributed by atoms with Gasteiger partial charge in [-0.2, -0.15) is 5.10 Å². The minimum absolute atomic E-state index is 0.143. The second-order valence-corrected chi connectivity index (χ2v) is 8.49. The van der Waals surface area contributed by atoms with Gasteiger partial charge in [0, 0.05) is 37.6 Å². The van der Waals surface area contributed by atoms with Gasteiger partial charge in [-0.05, 0) is 45.9 Å². The van der Waals surface area contributed by atoms with Crippen LogP contribution >= 0.6 is 0 Å². The Bertz CT molecular complexity index is 1090. The highest BCUT2D eigenvalue weighted by Gasteiger charge is 2.38. The topological polar surface area (TPSA) is 85.1 Å². The molecule has 0 aromatic carbocycles. The van der Waals surface area contributed by atoms with Crippen molar-refractivity contribution in [2.45, 2.75) is 39.3 Å². The lowest BCUT2D eigenvalue weighted by Crippen LogP contribution is -2.61. The third-order valence-electron chi connectivity index (χ3n) is 5.39. The average Bonchev–Trinajstić information content (AvgIpc) is 3.15. The number of carbonyl (C=O) groups excluding carboxylic acids is 1. The number of carbonyl (C=O) groups is 1. The van der Waals surface area contributed by atoms with E-state index in [1.54, 1.807) is 28.9 Å². The van der Waals surface area contributed by atoms with Gasteiger partial charge < -0.3 is 14.4 Å². The van der Waals surface area contributed by atoms with E-state index in [1.165, 1.54) is 0 Å². The highest BCUT2D eigenvalue weighted by molar-refractivity contribution is 5.80. The van der Waals surface area contributed by atoms with Crippen molar-refractivity contribution >= 4 is 17.6 Å². The zero-order valence-corrected chi connectivity index (χ0v) is 18.6. The quantitative estimate of drug-likeness (QED) is 0.636. The molecule has 0 radical (unpaired) electrons. The van der Waals surface area contributed by atoms with E-state index in [2.05, 4.69) is 15.0 Å². The van der Waals surface area contributed by atoms with Crippen LogP contribution in [0.5, 0.6) is 5.88 Å². The summed E-state index contributed by atoms with van der Waals surface area (Å²) in [6.45, 7) is 9.69. The second-order valence-electron chi connectivity index (χ2n) is 8.49. The fraction of sp³-hybridized carbons (Fsp3) is 0.455. The number of aromatic nitrogens is 4. The Labute approximate surface area is 181 Å². The summed E-state index contributed by atoms with van der Waals surface area (Å²) in [5.74, 6) is 1.37. The van der Waals surface area contributed by atoms with Crippen LogP contribution < -0.4 is 9.64 Å². The van der Waals surface area contributed by atoms with Crippen LogP contribution in [0.3, 0.4) is 0 Å². The van der Waals surface area contributed by atoms with Crippen LogP contribution in [0.4, 0.5) is 10.6 Å². The SMILES string of the molecule is COc1ncccc1-c1cnn2ccc(N3CCN(C(=O)OC(C)C)C(C)(C)C3)nc12. The Hall–Kier alpha value is -3.36. The van der Waals surface area contributed by atoms with Gasteiger partial charge in [-0.15, -0.1) is 0 Å². The lowest BCUT2D eigenvalue weighted by Gasteiger charge is -2.46. The van der Waals surface area contributed by atoms with Gasteiger partial charge in [0.15, 0.2) is 5.65 Å². The molecule has 1 amide bonds. The Kier molecular flexibility index (Phi) is 5.43. The van der Waals surface area contributed by atoms with Crippen LogP contribution in [0.25, 0.3) is 16.8 Å². The molecule has 0 atom stereocenters. The molecular weight excluding hydrogens is 396 g/mol. The van der Waals surface area contributed by atoms with Gasteiger partial charge in [0.05, 0.1) is 30.5 Å². The van der Waals surface area contributed by atoms with Crippen molar-refractivity contribution in [1.82, 2.24) is 24.5 Å². The Morgan fingerprint density at radius 1 is 1.19 bits per heavy atom. The molecule has 0 aliphatic carbocycles. The number of pyridine rings is 1. The van der Waals surface area contributed by atoms with E-state index in [4.69, 9.17) is 14.5 Å². The van der Waals surface area contributed by atoms with Gasteiger partial charge in [-0.1, -0.05) is 0 Å². The molecule has 0 bridgehead atoms. The number of anilines is 1. The molecule has 1 fully saturated rings. The van der Waals surface area contributed by atoms with Crippen molar-refractivity contribution in [3.63, 3.8) is 0 Å². The number of rotatable bonds is 4. The summed E-state index contributed by atoms with van der Waals surface area (Å²) < 4.78 is 12.6. The summed E-state index contributed by atoms with van der Waals surface area (Å²) in [5.41, 5.74) is 2.02. The molecule has 1 aliphatic rings. The summed E-state index contributed by atoms with van der Waals surface area (Å²) in [5, 5.41) is 4.43. The van der Waals surface area contributed by atoms with Gasteiger partial charge in [0.2, 0.25) is 5.88 Å². The van der Waals surface area contributed by atoms with Crippen LogP contribution in [0.2, 0.25) is 0 Å². The first-order valence-corrected chi connectivity index (χ1v) is 10.4. The zero-order valence-electron chi connectivity index (χ0n) is 18.6. The molecule has 31 heavy (non-hydrogen) atoms. The van der Waals surface area contributed by atoms with E-state index >= 15 is 0 Å². The molecule has 4 heterocycles. The maximum absolute atomic E-state index is 12.5. The standard InChI is InChI=1S/C22H28N6O3/c1-15(2)31-21(29)27-12-11-26(14-22(27,3)4)18-8-10-28-19(25-18)17(13-24-28)16-7-6-9-23-20(16)30-5/h6-10,13,15H,11-12,14H2,1-5H3. The van der Waals surface area contributed by atoms with Crippen LogP contribution in [-0.4, -0.2) is 69.0 Å². The van der Waals surface area contributed by atoms with Crippen LogP contribution in [-0.2, 0) is 4.74 Å². The zero-order chi connectivity index (χ0) is 22.2. The molecule has 0 saturated carbocycles. The molecule has 1 saturated heterocycles. The molecule has 9 nitrogen and oxygen atoms in total. The van der Waals surface area contributed by atoms with Gasteiger partial charge in [-0.25, -0.2) is 19.3 Å². The molecule has 3 aromatic rings. The third kappa shape index (κ3) is 3.99. The molecule has 3 aromatic heterocycles. The predicted octanol–water partition coefficient (Wildman–Crippen LogP) is 3.25. The van der Waals surface area contributed by atoms with Crippen molar-refractivity contribution in [3.8, 4) is 17.0 Å². The number of fused-ring (bicyclic) bond motifs is 1. The lowest BCUT2D eigenvalue weighted by atomic mass is 9.99. The summed E-state index contributed by atoms with van der Waals surface area (Å²) in [6.07, 6.45) is 4.95. The predicted molar refractivity (Wildman–Crippen MR) is 117 cm³/mol. The Morgan fingerprint density at radius 3 is 2.71 bits per heavy atom. The van der Waals surface area contributed by atoms with E-state index in [1.807, 2.05) is 52.1 Å². The van der Waals surface area contributed by atoms with E-state index in [0.29, 0.717) is 25.5 Å². The molecule has 9 heteroatoms. The number of hydrogen-bond donors (Lipinski definition) is 0. The summed E-state index contributed by atoms with van der Waals surface area (Å²) in [4.78, 5) is 25.7. The van der Waals surface area contributed by atoms with Gasteiger partial charge in [0.25, 0.3) is 0 Å². The van der Waals surface area contributed by atoms with Gasteiger partial charge in [0.1, 0.15) is 5.82 Å². The van der Waals surface area contributed by atoms with Crippen molar-refractivity contribution in [2.75, 3.05) is 31.6 Å². The number of nitrogens with zero attached hydrogens (tertiary/aromatic N) is 6. The Morgan fingerprint density at radius 2 is 2.00 bits per heavy atom. The molecule has 1 aliphatic heterocycles. The van der Waals surface area contributed by atoms with Gasteiger partial charge >= 0.3 is 6.09 Å². The maximum atomic E-state index is 12.5. The van der Waals surface area contributed by atoms with Crippen molar-refractivity contribution < 1.29 is 14.3 Å². The molecule has 164 valence electrons. The summed E-state index contributed by atoms with van der Waals surface area (Å²) in [6, 6.07) is 5.76. The normalized spacial score (nSPS) is 16.1. The molecule has 4 rings (SSSR count). The molecular formula is C22H28N6O3. The van der Waals surface area contributed by atoms with Crippen LogP contribution in [0.1, 0.15) is 27.7 Å². The summed E-state index contributed by atoms with van der Waals surface area (Å²) in [7, 11) is 1.60. The van der Waals surface area contributed by atoms with E-state index in [9.17, 15) is 4.79 Å². The Balaban J connectivity index is 1.63. The third-order valence-corrected chi connectivity index (χ3v) is 5.39. The van der Waals surface area contributed by atoms with Crippen molar-refractivity contribution in [3.05, 3.63) is 36.8 Å². The fourth-order valence-corrected chi connectivity index (χ4v) is 3.94. The van der Waals surface area contributed by atoms with E-state index < -0.39 is 5.54 Å². The average molecular weight is 425 g/mol. The smallest absolute Gasteiger partial charge is 0.410 e. The van der Waals surface area contributed by atoms with Gasteiger partial charge in [-0.3, -0.25) is 4.90 Å². The van der Waals surface area contributed by atoms with E-state index in [-0.39, 0.29) is 12.2 Å². The minimum atomic E-state index is -0.395. The monoisotopic (exact) mass is 424 g/mol. The number of piperazine rings is 1. The molecule has 0 N–H and O–H groups in total. The number of methoxy groups -OCH3 is 1. The first-order chi connectivity index (χ1) is 14.8. The van der Waals surface area contributed by atoms with Crippen LogP contribution in [0, 0.1) is 0 Å². The van der Waals surface area contributed by atoms with E-state index in [0.717, 1.165) is 22.6 Å². The largest absolute Gasteiger partial charge is 0.481 e. The number of ether oxygens (including phenoxy) is 2. The minimum Gasteiger partial charge on any atom is -0.481 e. The number of amides is 1.